The van der Waals surface area contributed by atoms with E-state index in [-0.39, 0.29) is 17.4 Å². The fraction of sp³-hybridized carbons (Fsp3) is 0.357. The minimum absolute atomic E-state index is 0.0559. The van der Waals surface area contributed by atoms with Crippen LogP contribution in [0.4, 0.5) is 13.2 Å². The fourth-order valence-electron chi connectivity index (χ4n) is 2.39. The molecule has 0 unspecified atom stereocenters. The Morgan fingerprint density at radius 3 is 2.50 bits per heavy atom. The van der Waals surface area contributed by atoms with Gasteiger partial charge in [0.15, 0.2) is 0 Å². The smallest absolute Gasteiger partial charge is 0.417 e. The molecule has 0 saturated heterocycles. The Labute approximate surface area is 113 Å². The lowest BCUT2D eigenvalue weighted by Crippen LogP contribution is -2.10. The highest BCUT2D eigenvalue weighted by Crippen LogP contribution is 2.39. The summed E-state index contributed by atoms with van der Waals surface area (Å²) in [5.41, 5.74) is 0.692. The second-order valence-corrected chi connectivity index (χ2v) is 4.66. The van der Waals surface area contributed by atoms with Crippen molar-refractivity contribution in [2.75, 3.05) is 7.11 Å². The minimum atomic E-state index is -4.47. The highest BCUT2D eigenvalue weighted by atomic mass is 19.4. The number of carbonyl (C=O) groups excluding carboxylic acids is 1. The number of aromatic amines is 1. The van der Waals surface area contributed by atoms with Gasteiger partial charge in [-0.25, -0.2) is 0 Å². The van der Waals surface area contributed by atoms with E-state index >= 15 is 0 Å². The standard InChI is InChI=1S/C14H14F3NO2/c1-7-4-5-10-12(13(7)14(15,16)17)9(8(2)18-10)6-11(19)20-3/h4-5,18H,6H2,1-3H3. The first kappa shape index (κ1) is 14.4. The van der Waals surface area contributed by atoms with Crippen molar-refractivity contribution in [3.05, 3.63) is 34.5 Å². The topological polar surface area (TPSA) is 42.1 Å². The van der Waals surface area contributed by atoms with Crippen molar-refractivity contribution in [3.63, 3.8) is 0 Å². The second-order valence-electron chi connectivity index (χ2n) is 4.66. The predicted octanol–water partition coefficient (Wildman–Crippen LogP) is 3.52. The van der Waals surface area contributed by atoms with Gasteiger partial charge in [0.1, 0.15) is 0 Å². The van der Waals surface area contributed by atoms with Gasteiger partial charge in [-0.1, -0.05) is 6.07 Å². The van der Waals surface area contributed by atoms with Gasteiger partial charge in [-0.2, -0.15) is 13.2 Å². The summed E-state index contributed by atoms with van der Waals surface area (Å²) in [7, 11) is 1.21. The molecule has 1 N–H and O–H groups in total. The maximum Gasteiger partial charge on any atom is 0.417 e. The first-order chi connectivity index (χ1) is 9.25. The molecule has 0 amide bonds. The number of esters is 1. The van der Waals surface area contributed by atoms with Crippen LogP contribution >= 0.6 is 0 Å². The van der Waals surface area contributed by atoms with Gasteiger partial charge >= 0.3 is 12.1 Å². The number of aryl methyl sites for hydroxylation is 2. The number of methoxy groups -OCH3 is 1. The largest absolute Gasteiger partial charge is 0.469 e. The van der Waals surface area contributed by atoms with Crippen LogP contribution in [0.2, 0.25) is 0 Å². The molecule has 3 nitrogen and oxygen atoms in total. The number of aromatic nitrogens is 1. The highest BCUT2D eigenvalue weighted by Gasteiger charge is 2.36. The number of rotatable bonds is 2. The molecule has 0 aliphatic carbocycles. The number of benzene rings is 1. The van der Waals surface area contributed by atoms with Gasteiger partial charge in [0.05, 0.1) is 19.1 Å². The van der Waals surface area contributed by atoms with E-state index < -0.39 is 17.7 Å². The minimum Gasteiger partial charge on any atom is -0.469 e. The number of hydrogen-bond acceptors (Lipinski definition) is 2. The molecule has 0 atom stereocenters. The average molecular weight is 285 g/mol. The lowest BCUT2D eigenvalue weighted by molar-refractivity contribution is -0.140. The summed E-state index contributed by atoms with van der Waals surface area (Å²) in [5.74, 6) is -0.566. The van der Waals surface area contributed by atoms with E-state index in [1.54, 1.807) is 13.0 Å². The van der Waals surface area contributed by atoms with Gasteiger partial charge in [0, 0.05) is 16.6 Å². The number of H-pyrrole nitrogens is 1. The van der Waals surface area contributed by atoms with Crippen molar-refractivity contribution >= 4 is 16.9 Å². The maximum atomic E-state index is 13.3. The molecule has 0 aliphatic rings. The molecule has 2 aromatic rings. The van der Waals surface area contributed by atoms with Crippen molar-refractivity contribution in [3.8, 4) is 0 Å². The first-order valence-electron chi connectivity index (χ1n) is 6.00. The number of carbonyl (C=O) groups is 1. The van der Waals surface area contributed by atoms with E-state index in [4.69, 9.17) is 0 Å². The Morgan fingerprint density at radius 1 is 1.30 bits per heavy atom. The van der Waals surface area contributed by atoms with E-state index in [0.29, 0.717) is 16.8 Å². The summed E-state index contributed by atoms with van der Waals surface area (Å²) in [6.45, 7) is 3.06. The molecule has 0 radical (unpaired) electrons. The third-order valence-electron chi connectivity index (χ3n) is 3.32. The molecular formula is C14H14F3NO2. The van der Waals surface area contributed by atoms with Gasteiger partial charge < -0.3 is 9.72 Å². The van der Waals surface area contributed by atoms with Crippen molar-refractivity contribution in [1.29, 1.82) is 0 Å². The van der Waals surface area contributed by atoms with Gasteiger partial charge in [-0.3, -0.25) is 4.79 Å². The van der Waals surface area contributed by atoms with Crippen molar-refractivity contribution < 1.29 is 22.7 Å². The Morgan fingerprint density at radius 2 is 1.95 bits per heavy atom. The second kappa shape index (κ2) is 4.85. The number of halogens is 3. The third kappa shape index (κ3) is 2.37. The molecule has 20 heavy (non-hydrogen) atoms. The molecule has 2 rings (SSSR count). The summed E-state index contributed by atoms with van der Waals surface area (Å²) >= 11 is 0. The third-order valence-corrected chi connectivity index (χ3v) is 3.32. The SMILES string of the molecule is COC(=O)Cc1c(C)[nH]c2ccc(C)c(C(F)(F)F)c12. The van der Waals surface area contributed by atoms with E-state index in [1.807, 2.05) is 0 Å². The monoisotopic (exact) mass is 285 g/mol. The summed E-state index contributed by atoms with van der Waals surface area (Å²) in [5, 5.41) is 0.0559. The fourth-order valence-corrected chi connectivity index (χ4v) is 2.39. The summed E-state index contributed by atoms with van der Waals surface area (Å²) in [6, 6.07) is 3.01. The normalized spacial score (nSPS) is 11.9. The van der Waals surface area contributed by atoms with Crippen LogP contribution in [0.25, 0.3) is 10.9 Å². The lowest BCUT2D eigenvalue weighted by atomic mass is 9.98. The van der Waals surface area contributed by atoms with Crippen LogP contribution in [0.5, 0.6) is 0 Å². The zero-order chi connectivity index (χ0) is 15.1. The molecule has 1 heterocycles. The van der Waals surface area contributed by atoms with Crippen LogP contribution in [0.1, 0.15) is 22.4 Å². The Balaban J connectivity index is 2.78. The predicted molar refractivity (Wildman–Crippen MR) is 68.5 cm³/mol. The molecule has 0 bridgehead atoms. The highest BCUT2D eigenvalue weighted by molar-refractivity contribution is 5.92. The van der Waals surface area contributed by atoms with Crippen molar-refractivity contribution in [1.82, 2.24) is 4.98 Å². The molecule has 108 valence electrons. The Bertz CT molecular complexity index is 671. The average Bonchev–Trinajstić information content (AvgIpc) is 2.64. The number of hydrogen-bond donors (Lipinski definition) is 1. The molecule has 1 aromatic carbocycles. The number of alkyl halides is 3. The lowest BCUT2D eigenvalue weighted by Gasteiger charge is -2.13. The number of fused-ring (bicyclic) bond motifs is 1. The maximum absolute atomic E-state index is 13.3. The zero-order valence-electron chi connectivity index (χ0n) is 11.3. The number of ether oxygens (including phenoxy) is 1. The number of nitrogens with one attached hydrogen (secondary N) is 1. The van der Waals surface area contributed by atoms with Crippen LogP contribution < -0.4 is 0 Å². The molecular weight excluding hydrogens is 271 g/mol. The Kier molecular flexibility index (Phi) is 3.50. The zero-order valence-corrected chi connectivity index (χ0v) is 11.3. The molecule has 0 spiro atoms. The van der Waals surface area contributed by atoms with E-state index in [1.165, 1.54) is 20.1 Å². The van der Waals surface area contributed by atoms with Crippen LogP contribution in [-0.2, 0) is 22.1 Å². The molecule has 0 fully saturated rings. The molecule has 0 aliphatic heterocycles. The summed E-state index contributed by atoms with van der Waals surface area (Å²) < 4.78 is 44.3. The van der Waals surface area contributed by atoms with Crippen molar-refractivity contribution in [2.45, 2.75) is 26.4 Å². The van der Waals surface area contributed by atoms with E-state index in [0.717, 1.165) is 0 Å². The molecule has 1 aromatic heterocycles. The molecule has 0 saturated carbocycles. The summed E-state index contributed by atoms with van der Waals surface area (Å²) in [4.78, 5) is 14.3. The van der Waals surface area contributed by atoms with E-state index in [2.05, 4.69) is 9.72 Å². The van der Waals surface area contributed by atoms with E-state index in [9.17, 15) is 18.0 Å². The van der Waals surface area contributed by atoms with Gasteiger partial charge in [-0.05, 0) is 31.0 Å². The Hall–Kier alpha value is -1.98. The van der Waals surface area contributed by atoms with Gasteiger partial charge in [0.2, 0.25) is 0 Å². The first-order valence-corrected chi connectivity index (χ1v) is 6.00. The van der Waals surface area contributed by atoms with Crippen LogP contribution in [-0.4, -0.2) is 18.1 Å². The van der Waals surface area contributed by atoms with Crippen molar-refractivity contribution in [2.24, 2.45) is 0 Å². The van der Waals surface area contributed by atoms with Crippen LogP contribution in [0.3, 0.4) is 0 Å². The summed E-state index contributed by atoms with van der Waals surface area (Å²) in [6.07, 6.45) is -4.65. The quantitative estimate of drug-likeness (QED) is 0.858. The molecule has 6 heteroatoms. The van der Waals surface area contributed by atoms with Gasteiger partial charge in [0.25, 0.3) is 0 Å². The van der Waals surface area contributed by atoms with Crippen LogP contribution in [0, 0.1) is 13.8 Å². The van der Waals surface area contributed by atoms with Crippen LogP contribution in [0.15, 0.2) is 12.1 Å². The van der Waals surface area contributed by atoms with Gasteiger partial charge in [-0.15, -0.1) is 0 Å².